The Morgan fingerprint density at radius 2 is 1.57 bits per heavy atom. The molecular weight excluding hydrogens is 258 g/mol. The van der Waals surface area contributed by atoms with Crippen molar-refractivity contribution in [2.75, 3.05) is 0 Å². The van der Waals surface area contributed by atoms with E-state index in [-0.39, 0.29) is 6.04 Å². The molecule has 2 nitrogen and oxygen atoms in total. The standard InChI is InChI=1S/C19H25NO/c20-18(15-1-2-16-10-21-11-17(16)6-15)19-7-12-3-13(8-19)5-14(4-12)9-19/h1-2,6,12-14,18H,3-5,7-11,20H2. The average molecular weight is 283 g/mol. The molecule has 1 aromatic carbocycles. The van der Waals surface area contributed by atoms with Crippen molar-refractivity contribution < 1.29 is 4.74 Å². The lowest BCUT2D eigenvalue weighted by Gasteiger charge is -2.59. The summed E-state index contributed by atoms with van der Waals surface area (Å²) < 4.78 is 5.56. The fourth-order valence-electron chi connectivity index (χ4n) is 6.30. The number of hydrogen-bond donors (Lipinski definition) is 1. The second-order valence-electron chi connectivity index (χ2n) is 8.28. The van der Waals surface area contributed by atoms with E-state index in [0.717, 1.165) is 31.0 Å². The Morgan fingerprint density at radius 1 is 0.952 bits per heavy atom. The van der Waals surface area contributed by atoms with Crippen LogP contribution in [0.2, 0.25) is 0 Å². The largest absolute Gasteiger partial charge is 0.372 e. The molecule has 2 heteroatoms. The van der Waals surface area contributed by atoms with E-state index in [4.69, 9.17) is 10.5 Å². The van der Waals surface area contributed by atoms with Crippen molar-refractivity contribution in [3.8, 4) is 0 Å². The Kier molecular flexibility index (Phi) is 2.61. The third-order valence-electron chi connectivity index (χ3n) is 6.85. The molecule has 1 heterocycles. The molecule has 1 aromatic rings. The van der Waals surface area contributed by atoms with E-state index >= 15 is 0 Å². The smallest absolute Gasteiger partial charge is 0.0725 e. The predicted octanol–water partition coefficient (Wildman–Crippen LogP) is 3.93. The van der Waals surface area contributed by atoms with Gasteiger partial charge in [-0.3, -0.25) is 0 Å². The van der Waals surface area contributed by atoms with E-state index < -0.39 is 0 Å². The van der Waals surface area contributed by atoms with Gasteiger partial charge in [-0.15, -0.1) is 0 Å². The maximum Gasteiger partial charge on any atom is 0.0725 e. The van der Waals surface area contributed by atoms with Crippen molar-refractivity contribution in [2.24, 2.45) is 28.9 Å². The number of rotatable bonds is 2. The molecular formula is C19H25NO. The van der Waals surface area contributed by atoms with Crippen LogP contribution in [0.15, 0.2) is 18.2 Å². The average Bonchev–Trinajstić information content (AvgIpc) is 2.92. The van der Waals surface area contributed by atoms with Crippen molar-refractivity contribution in [3.63, 3.8) is 0 Å². The number of hydrogen-bond acceptors (Lipinski definition) is 2. The first-order chi connectivity index (χ1) is 10.2. The summed E-state index contributed by atoms with van der Waals surface area (Å²) in [5, 5.41) is 0. The van der Waals surface area contributed by atoms with Gasteiger partial charge in [-0.05, 0) is 78.4 Å². The molecule has 1 atom stereocenters. The van der Waals surface area contributed by atoms with Gasteiger partial charge in [0.2, 0.25) is 0 Å². The topological polar surface area (TPSA) is 35.2 Å². The minimum absolute atomic E-state index is 0.233. The maximum atomic E-state index is 6.85. The second-order valence-corrected chi connectivity index (χ2v) is 8.28. The van der Waals surface area contributed by atoms with Crippen molar-refractivity contribution in [3.05, 3.63) is 34.9 Å². The van der Waals surface area contributed by atoms with Gasteiger partial charge in [0.15, 0.2) is 0 Å². The van der Waals surface area contributed by atoms with Gasteiger partial charge >= 0.3 is 0 Å². The molecule has 0 aromatic heterocycles. The molecule has 2 N–H and O–H groups in total. The first-order valence-corrected chi connectivity index (χ1v) is 8.67. The van der Waals surface area contributed by atoms with Gasteiger partial charge in [-0.1, -0.05) is 18.2 Å². The quantitative estimate of drug-likeness (QED) is 0.892. The first-order valence-electron chi connectivity index (χ1n) is 8.67. The number of benzene rings is 1. The van der Waals surface area contributed by atoms with E-state index in [9.17, 15) is 0 Å². The molecule has 0 spiro atoms. The Morgan fingerprint density at radius 3 is 2.24 bits per heavy atom. The Hall–Kier alpha value is -0.860. The monoisotopic (exact) mass is 283 g/mol. The fraction of sp³-hybridized carbons (Fsp3) is 0.684. The molecule has 4 fully saturated rings. The van der Waals surface area contributed by atoms with Crippen molar-refractivity contribution in [1.29, 1.82) is 0 Å². The normalized spacial score (nSPS) is 41.3. The molecule has 4 bridgehead atoms. The van der Waals surface area contributed by atoms with Crippen molar-refractivity contribution in [1.82, 2.24) is 0 Å². The molecule has 0 amide bonds. The molecule has 1 unspecified atom stereocenters. The highest BCUT2D eigenvalue weighted by Gasteiger charge is 2.53. The summed E-state index contributed by atoms with van der Waals surface area (Å²) in [7, 11) is 0. The fourth-order valence-corrected chi connectivity index (χ4v) is 6.30. The lowest BCUT2D eigenvalue weighted by atomic mass is 9.47. The summed E-state index contributed by atoms with van der Waals surface area (Å²) in [6.07, 6.45) is 8.62. The molecule has 1 aliphatic heterocycles. The third-order valence-corrected chi connectivity index (χ3v) is 6.85. The molecule has 0 radical (unpaired) electrons. The van der Waals surface area contributed by atoms with Gasteiger partial charge in [-0.25, -0.2) is 0 Å². The van der Waals surface area contributed by atoms with Crippen LogP contribution in [0.1, 0.15) is 61.3 Å². The SMILES string of the molecule is NC(c1ccc2c(c1)COC2)C12CC3CC(CC(C3)C1)C2. The number of nitrogens with two attached hydrogens (primary N) is 1. The summed E-state index contributed by atoms with van der Waals surface area (Å²) in [6, 6.07) is 7.09. The Balaban J connectivity index is 1.49. The van der Waals surface area contributed by atoms with E-state index in [1.54, 1.807) is 0 Å². The van der Waals surface area contributed by atoms with E-state index in [2.05, 4.69) is 18.2 Å². The van der Waals surface area contributed by atoms with Crippen LogP contribution in [0, 0.1) is 23.2 Å². The Bertz CT molecular complexity index is 544. The van der Waals surface area contributed by atoms with Gasteiger partial charge in [0, 0.05) is 6.04 Å². The predicted molar refractivity (Wildman–Crippen MR) is 82.5 cm³/mol. The molecule has 6 rings (SSSR count). The lowest BCUT2D eigenvalue weighted by molar-refractivity contribution is -0.0677. The first kappa shape index (κ1) is 12.7. The van der Waals surface area contributed by atoms with Gasteiger partial charge in [0.1, 0.15) is 0 Å². The summed E-state index contributed by atoms with van der Waals surface area (Å²) in [6.45, 7) is 1.55. The van der Waals surface area contributed by atoms with Gasteiger partial charge in [-0.2, -0.15) is 0 Å². The zero-order valence-electron chi connectivity index (χ0n) is 12.7. The highest BCUT2D eigenvalue weighted by Crippen LogP contribution is 2.63. The van der Waals surface area contributed by atoms with E-state index in [1.807, 2.05) is 0 Å². The van der Waals surface area contributed by atoms with Crippen LogP contribution < -0.4 is 5.73 Å². The highest BCUT2D eigenvalue weighted by atomic mass is 16.5. The van der Waals surface area contributed by atoms with Crippen LogP contribution >= 0.6 is 0 Å². The van der Waals surface area contributed by atoms with Gasteiger partial charge in [0.05, 0.1) is 13.2 Å². The Labute approximate surface area is 127 Å². The van der Waals surface area contributed by atoms with Crippen LogP contribution in [0.4, 0.5) is 0 Å². The van der Waals surface area contributed by atoms with E-state index in [1.165, 1.54) is 55.2 Å². The minimum Gasteiger partial charge on any atom is -0.372 e. The molecule has 5 aliphatic rings. The molecule has 4 aliphatic carbocycles. The molecule has 112 valence electrons. The third kappa shape index (κ3) is 1.85. The summed E-state index contributed by atoms with van der Waals surface area (Å²) in [5.41, 5.74) is 11.3. The number of ether oxygens (including phenoxy) is 1. The van der Waals surface area contributed by atoms with Gasteiger partial charge < -0.3 is 10.5 Å². The van der Waals surface area contributed by atoms with Crippen molar-refractivity contribution >= 4 is 0 Å². The highest BCUT2D eigenvalue weighted by molar-refractivity contribution is 5.35. The van der Waals surface area contributed by atoms with Crippen LogP contribution in [0.5, 0.6) is 0 Å². The zero-order valence-corrected chi connectivity index (χ0v) is 12.7. The molecule has 4 saturated carbocycles. The summed E-state index contributed by atoms with van der Waals surface area (Å²) in [5.74, 6) is 2.92. The summed E-state index contributed by atoms with van der Waals surface area (Å²) >= 11 is 0. The maximum absolute atomic E-state index is 6.85. The van der Waals surface area contributed by atoms with Crippen LogP contribution in [0.3, 0.4) is 0 Å². The molecule has 0 saturated heterocycles. The van der Waals surface area contributed by atoms with Crippen LogP contribution in [-0.4, -0.2) is 0 Å². The lowest BCUT2D eigenvalue weighted by Crippen LogP contribution is -2.50. The second kappa shape index (κ2) is 4.33. The number of fused-ring (bicyclic) bond motifs is 1. The van der Waals surface area contributed by atoms with Gasteiger partial charge in [0.25, 0.3) is 0 Å². The van der Waals surface area contributed by atoms with Crippen molar-refractivity contribution in [2.45, 2.75) is 57.8 Å². The van der Waals surface area contributed by atoms with E-state index in [0.29, 0.717) is 5.41 Å². The van der Waals surface area contributed by atoms with Crippen LogP contribution in [0.25, 0.3) is 0 Å². The molecule has 21 heavy (non-hydrogen) atoms. The summed E-state index contributed by atoms with van der Waals surface area (Å²) in [4.78, 5) is 0. The zero-order chi connectivity index (χ0) is 14.0. The van der Waals surface area contributed by atoms with Crippen LogP contribution in [-0.2, 0) is 18.0 Å². The minimum atomic E-state index is 0.233.